The van der Waals surface area contributed by atoms with Gasteiger partial charge in [-0.05, 0) is 12.3 Å². The summed E-state index contributed by atoms with van der Waals surface area (Å²) in [5.74, 6) is 0.630. The highest BCUT2D eigenvalue weighted by Crippen LogP contribution is 1.96. The Kier molecular flexibility index (Phi) is 14.0. The normalized spacial score (nSPS) is 11.2. The predicted molar refractivity (Wildman–Crippen MR) is 89.4 cm³/mol. The monoisotopic (exact) mass is 331 g/mol. The van der Waals surface area contributed by atoms with E-state index < -0.39 is 0 Å². The Hall–Kier alpha value is -0.980. The number of carbonyl (C=O) groups is 2. The number of ketones is 1. The van der Waals surface area contributed by atoms with Gasteiger partial charge in [0.05, 0.1) is 19.8 Å². The van der Waals surface area contributed by atoms with Crippen LogP contribution in [0.1, 0.15) is 40.5 Å². The Balaban J connectivity index is 3.28. The standard InChI is InChI=1S/C17H33NO5/c1-14(2)12-22-8-5-6-17(20)18-7-9-21-10-11-23-13-16(19)15(3)4/h14-15H,5-13H2,1-4H3,(H,18,20). The molecule has 0 aromatic rings. The van der Waals surface area contributed by atoms with Gasteiger partial charge < -0.3 is 19.5 Å². The molecule has 6 nitrogen and oxygen atoms in total. The van der Waals surface area contributed by atoms with Crippen LogP contribution < -0.4 is 5.32 Å². The second-order valence-corrected chi connectivity index (χ2v) is 6.21. The quantitative estimate of drug-likeness (QED) is 0.463. The minimum Gasteiger partial charge on any atom is -0.381 e. The Morgan fingerprint density at radius 2 is 1.61 bits per heavy atom. The van der Waals surface area contributed by atoms with E-state index in [0.29, 0.717) is 45.3 Å². The molecule has 1 amide bonds. The molecule has 0 saturated heterocycles. The van der Waals surface area contributed by atoms with Crippen LogP contribution in [0.4, 0.5) is 0 Å². The third kappa shape index (κ3) is 15.7. The average Bonchev–Trinajstić information content (AvgIpc) is 2.48. The molecule has 0 heterocycles. The zero-order valence-electron chi connectivity index (χ0n) is 15.1. The van der Waals surface area contributed by atoms with Gasteiger partial charge in [-0.25, -0.2) is 0 Å². The lowest BCUT2D eigenvalue weighted by Crippen LogP contribution is -2.27. The number of ether oxygens (including phenoxy) is 3. The van der Waals surface area contributed by atoms with Gasteiger partial charge in [-0.2, -0.15) is 0 Å². The summed E-state index contributed by atoms with van der Waals surface area (Å²) in [5, 5.41) is 2.79. The summed E-state index contributed by atoms with van der Waals surface area (Å²) in [4.78, 5) is 22.8. The molecular formula is C17H33NO5. The fourth-order valence-electron chi connectivity index (χ4n) is 1.56. The summed E-state index contributed by atoms with van der Waals surface area (Å²) in [6.45, 7) is 11.1. The summed E-state index contributed by atoms with van der Waals surface area (Å²) < 4.78 is 15.9. The lowest BCUT2D eigenvalue weighted by Gasteiger charge is -2.08. The van der Waals surface area contributed by atoms with Crippen molar-refractivity contribution in [2.45, 2.75) is 40.5 Å². The van der Waals surface area contributed by atoms with E-state index in [9.17, 15) is 9.59 Å². The summed E-state index contributed by atoms with van der Waals surface area (Å²) in [5.41, 5.74) is 0. The highest BCUT2D eigenvalue weighted by Gasteiger charge is 2.06. The highest BCUT2D eigenvalue weighted by atomic mass is 16.5. The van der Waals surface area contributed by atoms with Crippen molar-refractivity contribution in [3.63, 3.8) is 0 Å². The van der Waals surface area contributed by atoms with E-state index in [-0.39, 0.29) is 24.2 Å². The zero-order valence-corrected chi connectivity index (χ0v) is 15.1. The molecule has 0 atom stereocenters. The Morgan fingerprint density at radius 3 is 2.26 bits per heavy atom. The van der Waals surface area contributed by atoms with Crippen molar-refractivity contribution in [2.75, 3.05) is 46.2 Å². The molecule has 0 radical (unpaired) electrons. The van der Waals surface area contributed by atoms with Crippen molar-refractivity contribution >= 4 is 11.7 Å². The molecule has 136 valence electrons. The van der Waals surface area contributed by atoms with E-state index in [4.69, 9.17) is 14.2 Å². The maximum Gasteiger partial charge on any atom is 0.220 e. The lowest BCUT2D eigenvalue weighted by molar-refractivity contribution is -0.127. The fourth-order valence-corrected chi connectivity index (χ4v) is 1.56. The van der Waals surface area contributed by atoms with Crippen LogP contribution in [0.25, 0.3) is 0 Å². The SMILES string of the molecule is CC(C)COCCCC(=O)NCCOCCOCC(=O)C(C)C. The molecule has 0 aliphatic carbocycles. The third-order valence-corrected chi connectivity index (χ3v) is 2.97. The van der Waals surface area contributed by atoms with Gasteiger partial charge in [-0.1, -0.05) is 27.7 Å². The van der Waals surface area contributed by atoms with E-state index in [1.54, 1.807) is 0 Å². The Bertz CT molecular complexity index is 318. The van der Waals surface area contributed by atoms with E-state index >= 15 is 0 Å². The van der Waals surface area contributed by atoms with Crippen LogP contribution in [-0.4, -0.2) is 57.9 Å². The van der Waals surface area contributed by atoms with Gasteiger partial charge in [0.15, 0.2) is 5.78 Å². The maximum atomic E-state index is 11.5. The summed E-state index contributed by atoms with van der Waals surface area (Å²) in [6.07, 6.45) is 1.20. The van der Waals surface area contributed by atoms with Gasteiger partial charge >= 0.3 is 0 Å². The Morgan fingerprint density at radius 1 is 0.913 bits per heavy atom. The predicted octanol–water partition coefficient (Wildman–Crippen LogP) is 1.81. The van der Waals surface area contributed by atoms with Gasteiger partial charge in [0.25, 0.3) is 0 Å². The summed E-state index contributed by atoms with van der Waals surface area (Å²) >= 11 is 0. The minimum absolute atomic E-state index is 0.00176. The van der Waals surface area contributed by atoms with E-state index in [2.05, 4.69) is 19.2 Å². The smallest absolute Gasteiger partial charge is 0.220 e. The lowest BCUT2D eigenvalue weighted by atomic mass is 10.1. The first-order valence-electron chi connectivity index (χ1n) is 8.46. The molecule has 0 aliphatic rings. The van der Waals surface area contributed by atoms with E-state index in [1.165, 1.54) is 0 Å². The number of hydrogen-bond acceptors (Lipinski definition) is 5. The number of Topliss-reactive ketones (excluding diaryl/α,β-unsaturated/α-hetero) is 1. The van der Waals surface area contributed by atoms with E-state index in [1.807, 2.05) is 13.8 Å². The van der Waals surface area contributed by atoms with Crippen molar-refractivity contribution < 1.29 is 23.8 Å². The molecule has 0 aliphatic heterocycles. The molecule has 0 aromatic carbocycles. The van der Waals surface area contributed by atoms with Crippen LogP contribution in [0.5, 0.6) is 0 Å². The molecule has 0 aromatic heterocycles. The van der Waals surface area contributed by atoms with Crippen LogP contribution in [0.3, 0.4) is 0 Å². The molecule has 0 fully saturated rings. The molecule has 23 heavy (non-hydrogen) atoms. The van der Waals surface area contributed by atoms with Crippen molar-refractivity contribution in [2.24, 2.45) is 11.8 Å². The van der Waals surface area contributed by atoms with Crippen LogP contribution >= 0.6 is 0 Å². The third-order valence-electron chi connectivity index (χ3n) is 2.97. The van der Waals surface area contributed by atoms with Gasteiger partial charge in [0, 0.05) is 32.1 Å². The molecule has 0 bridgehead atoms. The van der Waals surface area contributed by atoms with Gasteiger partial charge in [-0.3, -0.25) is 9.59 Å². The summed E-state index contributed by atoms with van der Waals surface area (Å²) in [6, 6.07) is 0. The van der Waals surface area contributed by atoms with Gasteiger partial charge in [0.1, 0.15) is 6.61 Å². The zero-order chi connectivity index (χ0) is 17.5. The number of carbonyl (C=O) groups excluding carboxylic acids is 2. The first-order valence-corrected chi connectivity index (χ1v) is 8.46. The molecule has 6 heteroatoms. The molecular weight excluding hydrogens is 298 g/mol. The van der Waals surface area contributed by atoms with Crippen molar-refractivity contribution in [3.05, 3.63) is 0 Å². The van der Waals surface area contributed by atoms with Crippen LogP contribution in [-0.2, 0) is 23.8 Å². The first kappa shape index (κ1) is 22.0. The number of hydrogen-bond donors (Lipinski definition) is 1. The minimum atomic E-state index is 0.00176. The van der Waals surface area contributed by atoms with Crippen LogP contribution in [0, 0.1) is 11.8 Å². The number of amides is 1. The molecule has 0 unspecified atom stereocenters. The summed E-state index contributed by atoms with van der Waals surface area (Å²) in [7, 11) is 0. The van der Waals surface area contributed by atoms with Gasteiger partial charge in [0.2, 0.25) is 5.91 Å². The number of nitrogens with one attached hydrogen (secondary N) is 1. The Labute approximate surface area is 140 Å². The van der Waals surface area contributed by atoms with E-state index in [0.717, 1.165) is 13.0 Å². The highest BCUT2D eigenvalue weighted by molar-refractivity contribution is 5.81. The largest absolute Gasteiger partial charge is 0.381 e. The molecule has 0 spiro atoms. The van der Waals surface area contributed by atoms with Crippen molar-refractivity contribution in [1.29, 1.82) is 0 Å². The van der Waals surface area contributed by atoms with Crippen LogP contribution in [0.15, 0.2) is 0 Å². The first-order chi connectivity index (χ1) is 10.9. The van der Waals surface area contributed by atoms with Crippen LogP contribution in [0.2, 0.25) is 0 Å². The second kappa shape index (κ2) is 14.6. The topological polar surface area (TPSA) is 73.9 Å². The molecule has 0 saturated carbocycles. The molecule has 0 rings (SSSR count). The number of rotatable bonds is 15. The van der Waals surface area contributed by atoms with Crippen molar-refractivity contribution in [3.8, 4) is 0 Å². The maximum absolute atomic E-state index is 11.5. The fraction of sp³-hybridized carbons (Fsp3) is 0.882. The molecule has 1 N–H and O–H groups in total. The average molecular weight is 331 g/mol. The van der Waals surface area contributed by atoms with Gasteiger partial charge in [-0.15, -0.1) is 0 Å². The van der Waals surface area contributed by atoms with Crippen molar-refractivity contribution in [1.82, 2.24) is 5.32 Å². The second-order valence-electron chi connectivity index (χ2n) is 6.21.